The Morgan fingerprint density at radius 2 is 0.938 bits per heavy atom. The molecule has 0 N–H and O–H groups in total. The number of hydrogen-bond acceptors (Lipinski definition) is 2. The first-order valence-electron chi connectivity index (χ1n) is 10.9. The van der Waals surface area contributed by atoms with Crippen LogP contribution >= 0.6 is 22.7 Å². The van der Waals surface area contributed by atoms with Gasteiger partial charge >= 0.3 is 0 Å². The van der Waals surface area contributed by atoms with Crippen molar-refractivity contribution >= 4 is 80.5 Å². The molecule has 2 heterocycles. The number of benzene rings is 3. The molecule has 0 aliphatic heterocycles. The maximum atomic E-state index is 3.66. The highest BCUT2D eigenvalue weighted by Gasteiger charge is 2.17. The van der Waals surface area contributed by atoms with Crippen molar-refractivity contribution in [2.45, 2.75) is 39.3 Å². The summed E-state index contributed by atoms with van der Waals surface area (Å²) in [6.45, 7) is 13.9. The van der Waals surface area contributed by atoms with E-state index in [1.54, 1.807) is 22.7 Å². The Hall–Kier alpha value is -2.35. The highest BCUT2D eigenvalue weighted by atomic mass is 32.1. The lowest BCUT2D eigenvalue weighted by Crippen LogP contribution is -2.16. The third-order valence-electron chi connectivity index (χ3n) is 5.39. The fourth-order valence-electron chi connectivity index (χ4n) is 3.91. The number of thiophene rings is 2. The highest BCUT2D eigenvalue weighted by molar-refractivity contribution is 7.17. The average Bonchev–Trinajstić information content (AvgIpc) is 3.34. The Kier molecular flexibility index (Phi) is 5.11. The maximum absolute atomic E-state index is 3.66. The minimum absolute atomic E-state index is 1.17. The van der Waals surface area contributed by atoms with E-state index in [0.717, 1.165) is 0 Å². The van der Waals surface area contributed by atoms with E-state index in [4.69, 9.17) is 0 Å². The van der Waals surface area contributed by atoms with Gasteiger partial charge in [0.25, 0.3) is 0 Å². The third-order valence-corrected chi connectivity index (χ3v) is 8.90. The van der Waals surface area contributed by atoms with Crippen LogP contribution in [-0.4, -0.2) is 16.1 Å². The Bertz CT molecular complexity index is 1440. The van der Waals surface area contributed by atoms with Crippen LogP contribution in [0.2, 0.25) is 39.3 Å². The van der Waals surface area contributed by atoms with Crippen molar-refractivity contribution in [2.24, 2.45) is 0 Å². The standard InChI is InChI=1S/C28H26S2Si2/c1-31(2,3)13-9-21-23-15-19-7-11-30-28(19)18-26(23)22(10-14-32(4,5)6)24-16-20-8-12-29-27(20)17-25(21)24/h7-8,11-12,15-18H,1-6H3. The molecule has 0 spiro atoms. The molecule has 4 heteroatoms. The Morgan fingerprint density at radius 1 is 0.562 bits per heavy atom. The van der Waals surface area contributed by atoms with Crippen molar-refractivity contribution in [1.82, 2.24) is 0 Å². The zero-order valence-electron chi connectivity index (χ0n) is 19.4. The minimum Gasteiger partial charge on any atom is -0.144 e. The molecule has 2 aromatic heterocycles. The van der Waals surface area contributed by atoms with Gasteiger partial charge < -0.3 is 0 Å². The first-order chi connectivity index (χ1) is 15.1. The second kappa shape index (κ2) is 7.61. The fourth-order valence-corrected chi connectivity index (χ4v) is 6.53. The summed E-state index contributed by atoms with van der Waals surface area (Å²) in [6, 6.07) is 13.8. The quantitative estimate of drug-likeness (QED) is 0.117. The summed E-state index contributed by atoms with van der Waals surface area (Å²) >= 11 is 3.60. The number of fused-ring (bicyclic) bond motifs is 4. The van der Waals surface area contributed by atoms with Gasteiger partial charge in [0.1, 0.15) is 16.1 Å². The summed E-state index contributed by atoms with van der Waals surface area (Å²) in [6.07, 6.45) is 0. The van der Waals surface area contributed by atoms with Crippen LogP contribution in [0, 0.1) is 22.9 Å². The van der Waals surface area contributed by atoms with E-state index >= 15 is 0 Å². The van der Waals surface area contributed by atoms with Crippen LogP contribution in [0.5, 0.6) is 0 Å². The molecule has 0 atom stereocenters. The topological polar surface area (TPSA) is 0 Å². The van der Waals surface area contributed by atoms with E-state index in [9.17, 15) is 0 Å². The minimum atomic E-state index is -1.53. The molecule has 158 valence electrons. The van der Waals surface area contributed by atoms with Gasteiger partial charge in [-0.15, -0.1) is 33.8 Å². The van der Waals surface area contributed by atoms with E-state index in [1.807, 2.05) is 0 Å². The van der Waals surface area contributed by atoms with Gasteiger partial charge in [0.2, 0.25) is 0 Å². The summed E-state index contributed by atoms with van der Waals surface area (Å²) in [5.41, 5.74) is 9.63. The second-order valence-corrected chi connectivity index (χ2v) is 21.9. The molecule has 0 aliphatic carbocycles. The van der Waals surface area contributed by atoms with Crippen molar-refractivity contribution in [1.29, 1.82) is 0 Å². The van der Waals surface area contributed by atoms with Crippen molar-refractivity contribution in [3.05, 3.63) is 58.3 Å². The van der Waals surface area contributed by atoms with Crippen LogP contribution in [-0.2, 0) is 0 Å². The Labute approximate surface area is 200 Å². The van der Waals surface area contributed by atoms with Crippen LogP contribution in [0.4, 0.5) is 0 Å². The second-order valence-electron chi connectivity index (χ2n) is 10.5. The first kappa shape index (κ1) is 21.5. The van der Waals surface area contributed by atoms with Gasteiger partial charge in [-0.05, 0) is 68.7 Å². The van der Waals surface area contributed by atoms with Crippen LogP contribution in [0.15, 0.2) is 47.2 Å². The lowest BCUT2D eigenvalue weighted by Gasteiger charge is -2.13. The number of rotatable bonds is 0. The molecule has 0 amide bonds. The summed E-state index contributed by atoms with van der Waals surface area (Å²) in [5, 5.41) is 11.9. The number of hydrogen-bond donors (Lipinski definition) is 0. The molecular weight excluding hydrogens is 457 g/mol. The van der Waals surface area contributed by atoms with Gasteiger partial charge in [0.15, 0.2) is 0 Å². The van der Waals surface area contributed by atoms with Gasteiger partial charge in [-0.2, -0.15) is 0 Å². The largest absolute Gasteiger partial charge is 0.144 e. The Balaban J connectivity index is 2.03. The molecule has 5 aromatic rings. The summed E-state index contributed by atoms with van der Waals surface area (Å²) in [5.74, 6) is 7.33. The van der Waals surface area contributed by atoms with Gasteiger partial charge in [-0.3, -0.25) is 0 Å². The molecule has 0 nitrogen and oxygen atoms in total. The van der Waals surface area contributed by atoms with Gasteiger partial charge in [0.05, 0.1) is 0 Å². The molecule has 0 fully saturated rings. The van der Waals surface area contributed by atoms with Crippen LogP contribution in [0.25, 0.3) is 41.7 Å². The molecule has 5 rings (SSSR count). The van der Waals surface area contributed by atoms with Crippen LogP contribution < -0.4 is 0 Å². The van der Waals surface area contributed by atoms with Crippen molar-refractivity contribution < 1.29 is 0 Å². The lowest BCUT2D eigenvalue weighted by molar-refractivity contribution is 1.77. The van der Waals surface area contributed by atoms with Gasteiger partial charge in [-0.1, -0.05) is 51.1 Å². The third kappa shape index (κ3) is 4.05. The molecular formula is C28H26S2Si2. The zero-order valence-corrected chi connectivity index (χ0v) is 23.1. The summed E-state index contributed by atoms with van der Waals surface area (Å²) < 4.78 is 2.63. The lowest BCUT2D eigenvalue weighted by atomic mass is 9.91. The predicted octanol–water partition coefficient (Wildman–Crippen LogP) is 8.88. The molecule has 0 radical (unpaired) electrons. The molecule has 3 aromatic carbocycles. The van der Waals surface area contributed by atoms with E-state index in [1.165, 1.54) is 52.8 Å². The van der Waals surface area contributed by atoms with Crippen molar-refractivity contribution in [3.63, 3.8) is 0 Å². The van der Waals surface area contributed by atoms with E-state index in [2.05, 4.69) is 109 Å². The normalized spacial score (nSPS) is 12.2. The first-order valence-corrected chi connectivity index (χ1v) is 19.7. The van der Waals surface area contributed by atoms with Gasteiger partial charge in [0, 0.05) is 31.3 Å². The molecule has 0 saturated heterocycles. The van der Waals surface area contributed by atoms with E-state index < -0.39 is 16.1 Å². The molecule has 0 saturated carbocycles. The molecule has 0 bridgehead atoms. The highest BCUT2D eigenvalue weighted by Crippen LogP contribution is 2.39. The van der Waals surface area contributed by atoms with E-state index in [0.29, 0.717) is 0 Å². The smallest absolute Gasteiger partial charge is 0.129 e. The predicted molar refractivity (Wildman–Crippen MR) is 153 cm³/mol. The monoisotopic (exact) mass is 482 g/mol. The Morgan fingerprint density at radius 3 is 1.31 bits per heavy atom. The fraction of sp³-hybridized carbons (Fsp3) is 0.214. The van der Waals surface area contributed by atoms with Crippen molar-refractivity contribution in [2.75, 3.05) is 0 Å². The summed E-state index contributed by atoms with van der Waals surface area (Å²) in [7, 11) is -3.06. The molecule has 32 heavy (non-hydrogen) atoms. The maximum Gasteiger partial charge on any atom is 0.129 e. The molecule has 0 unspecified atom stereocenters. The van der Waals surface area contributed by atoms with E-state index in [-0.39, 0.29) is 0 Å². The van der Waals surface area contributed by atoms with Gasteiger partial charge in [-0.25, -0.2) is 0 Å². The van der Waals surface area contributed by atoms with Crippen LogP contribution in [0.3, 0.4) is 0 Å². The SMILES string of the molecule is C[Si](C)(C)C#Cc1c2cc3ccsc3cc2c(C#C[Si](C)(C)C)c2cc3ccsc3cc12. The van der Waals surface area contributed by atoms with Crippen LogP contribution in [0.1, 0.15) is 11.1 Å². The average molecular weight is 483 g/mol. The molecule has 0 aliphatic rings. The van der Waals surface area contributed by atoms with Crippen molar-refractivity contribution in [3.8, 4) is 22.9 Å². The summed E-state index contributed by atoms with van der Waals surface area (Å²) in [4.78, 5) is 0. The zero-order chi connectivity index (χ0) is 22.7.